The maximum absolute atomic E-state index is 13.0. The van der Waals surface area contributed by atoms with E-state index in [1.54, 1.807) is 6.07 Å². The molecule has 1 atom stereocenters. The molecule has 0 aliphatic carbocycles. The van der Waals surface area contributed by atoms with Crippen molar-refractivity contribution in [2.45, 2.75) is 46.6 Å². The summed E-state index contributed by atoms with van der Waals surface area (Å²) in [4.78, 5) is 13.0. The lowest BCUT2D eigenvalue weighted by atomic mass is 9.89. The van der Waals surface area contributed by atoms with E-state index in [1.165, 1.54) is 7.11 Å². The Balaban J connectivity index is 2.15. The molecule has 0 radical (unpaired) electrons. The maximum Gasteiger partial charge on any atom is 0.346 e. The Bertz CT molecular complexity index is 918. The summed E-state index contributed by atoms with van der Waals surface area (Å²) in [5, 5.41) is 9.95. The Morgan fingerprint density at radius 1 is 1.23 bits per heavy atom. The summed E-state index contributed by atoms with van der Waals surface area (Å²) < 4.78 is 23.2. The molecule has 1 N–H and O–H groups in total. The first-order valence-corrected chi connectivity index (χ1v) is 10.3. The number of carbonyl (C=O) groups excluding carboxylic acids is 1. The maximum atomic E-state index is 13.0. The predicted molar refractivity (Wildman–Crippen MR) is 114 cm³/mol. The topological polar surface area (TPSA) is 74.2 Å². The molecule has 162 valence electrons. The number of esters is 1. The Labute approximate surface area is 177 Å². The molecule has 0 bridgehead atoms. The molecule has 1 unspecified atom stereocenters. The molecular weight excluding hydrogens is 384 g/mol. The van der Waals surface area contributed by atoms with Gasteiger partial charge >= 0.3 is 5.97 Å². The van der Waals surface area contributed by atoms with Crippen LogP contribution in [0.2, 0.25) is 0 Å². The van der Waals surface area contributed by atoms with Crippen LogP contribution < -0.4 is 14.2 Å². The Morgan fingerprint density at radius 3 is 2.63 bits per heavy atom. The molecule has 1 aliphatic rings. The third-order valence-electron chi connectivity index (χ3n) is 5.12. The van der Waals surface area contributed by atoms with Crippen LogP contribution >= 0.6 is 0 Å². The number of aliphatic hydroxyl groups is 1. The van der Waals surface area contributed by atoms with Crippen LogP contribution in [-0.2, 0) is 11.3 Å². The standard InChI is InChI=1S/C24H30O6/c1-6-28-20-11-15(4)10-17-13-29-24(26)21-19(30-22(17)20)8-7-18(23(21)27-5)16(12-25)9-14(2)3/h7-8,10-11,14,16,25H,6,9,12-13H2,1-5H3. The normalized spacial score (nSPS) is 14.0. The number of fused-ring (bicyclic) bond motifs is 2. The quantitative estimate of drug-likeness (QED) is 0.644. The molecule has 1 heterocycles. The zero-order chi connectivity index (χ0) is 21.8. The molecule has 0 spiro atoms. The third kappa shape index (κ3) is 4.38. The Morgan fingerprint density at radius 2 is 2.00 bits per heavy atom. The lowest BCUT2D eigenvalue weighted by Crippen LogP contribution is -2.16. The van der Waals surface area contributed by atoms with Crippen LogP contribution in [0, 0.1) is 12.8 Å². The van der Waals surface area contributed by atoms with Crippen LogP contribution in [-0.4, -0.2) is 31.4 Å². The van der Waals surface area contributed by atoms with Crippen LogP contribution in [0.4, 0.5) is 0 Å². The number of hydrogen-bond donors (Lipinski definition) is 1. The number of ether oxygens (including phenoxy) is 4. The zero-order valence-corrected chi connectivity index (χ0v) is 18.3. The van der Waals surface area contributed by atoms with Crippen LogP contribution in [0.3, 0.4) is 0 Å². The van der Waals surface area contributed by atoms with E-state index in [9.17, 15) is 9.90 Å². The van der Waals surface area contributed by atoms with Crippen LogP contribution in [0.1, 0.15) is 60.2 Å². The van der Waals surface area contributed by atoms with Gasteiger partial charge in [-0.2, -0.15) is 0 Å². The molecule has 3 rings (SSSR count). The van der Waals surface area contributed by atoms with E-state index in [2.05, 4.69) is 13.8 Å². The average molecular weight is 414 g/mol. The van der Waals surface area contributed by atoms with Crippen molar-refractivity contribution in [1.82, 2.24) is 0 Å². The van der Waals surface area contributed by atoms with Gasteiger partial charge in [0.05, 0.1) is 20.3 Å². The largest absolute Gasteiger partial charge is 0.495 e. The lowest BCUT2D eigenvalue weighted by Gasteiger charge is -2.25. The number of benzene rings is 2. The van der Waals surface area contributed by atoms with Gasteiger partial charge in [-0.25, -0.2) is 4.79 Å². The van der Waals surface area contributed by atoms with E-state index in [0.29, 0.717) is 35.5 Å². The fraction of sp³-hybridized carbons (Fsp3) is 0.458. The first-order chi connectivity index (χ1) is 14.4. The van der Waals surface area contributed by atoms with Gasteiger partial charge in [-0.1, -0.05) is 19.9 Å². The molecule has 6 nitrogen and oxygen atoms in total. The van der Waals surface area contributed by atoms with Crippen LogP contribution in [0.25, 0.3) is 0 Å². The van der Waals surface area contributed by atoms with Gasteiger partial charge in [-0.05, 0) is 49.9 Å². The van der Waals surface area contributed by atoms with Gasteiger partial charge < -0.3 is 24.1 Å². The second-order valence-electron chi connectivity index (χ2n) is 7.93. The molecule has 1 aliphatic heterocycles. The van der Waals surface area contributed by atoms with Gasteiger partial charge in [0.15, 0.2) is 11.5 Å². The predicted octanol–water partition coefficient (Wildman–Crippen LogP) is 4.99. The fourth-order valence-corrected chi connectivity index (χ4v) is 3.89. The summed E-state index contributed by atoms with van der Waals surface area (Å²) in [5.41, 5.74) is 2.73. The second kappa shape index (κ2) is 9.39. The third-order valence-corrected chi connectivity index (χ3v) is 5.12. The van der Waals surface area contributed by atoms with Gasteiger partial charge in [0.1, 0.15) is 23.7 Å². The SMILES string of the molecule is CCOc1cc(C)cc2c1Oc1ccc(C(CO)CC(C)C)c(OC)c1C(=O)OC2. The second-order valence-corrected chi connectivity index (χ2v) is 7.93. The van der Waals surface area contributed by atoms with Crippen molar-refractivity contribution in [2.24, 2.45) is 5.92 Å². The van der Waals surface area contributed by atoms with Crippen molar-refractivity contribution in [3.8, 4) is 23.0 Å². The summed E-state index contributed by atoms with van der Waals surface area (Å²) in [6, 6.07) is 7.42. The van der Waals surface area contributed by atoms with Gasteiger partial charge in [-0.15, -0.1) is 0 Å². The van der Waals surface area contributed by atoms with E-state index in [-0.39, 0.29) is 24.7 Å². The summed E-state index contributed by atoms with van der Waals surface area (Å²) >= 11 is 0. The molecule has 0 saturated heterocycles. The van der Waals surface area contributed by atoms with Gasteiger partial charge in [0.2, 0.25) is 0 Å². The van der Waals surface area contributed by atoms with E-state index in [0.717, 1.165) is 23.1 Å². The van der Waals surface area contributed by atoms with Crippen molar-refractivity contribution in [1.29, 1.82) is 0 Å². The van der Waals surface area contributed by atoms with Gasteiger partial charge in [0.25, 0.3) is 0 Å². The summed E-state index contributed by atoms with van der Waals surface area (Å²) in [6.07, 6.45) is 0.762. The van der Waals surface area contributed by atoms with E-state index in [1.807, 2.05) is 32.0 Å². The highest BCUT2D eigenvalue weighted by Crippen LogP contribution is 2.44. The lowest BCUT2D eigenvalue weighted by molar-refractivity contribution is 0.0454. The van der Waals surface area contributed by atoms with Crippen LogP contribution in [0.15, 0.2) is 24.3 Å². The first kappa shape index (κ1) is 22.0. The van der Waals surface area contributed by atoms with Crippen molar-refractivity contribution < 1.29 is 28.8 Å². The minimum absolute atomic E-state index is 0.0418. The zero-order valence-electron chi connectivity index (χ0n) is 18.3. The number of aryl methyl sites for hydroxylation is 1. The minimum Gasteiger partial charge on any atom is -0.495 e. The molecule has 2 aromatic rings. The minimum atomic E-state index is -0.518. The molecule has 0 saturated carbocycles. The fourth-order valence-electron chi connectivity index (χ4n) is 3.89. The number of carbonyl (C=O) groups is 1. The van der Waals surface area contributed by atoms with Gasteiger partial charge in [-0.3, -0.25) is 0 Å². The smallest absolute Gasteiger partial charge is 0.346 e. The van der Waals surface area contributed by atoms with Crippen molar-refractivity contribution in [2.75, 3.05) is 20.3 Å². The molecular formula is C24H30O6. The van der Waals surface area contributed by atoms with Crippen LogP contribution in [0.5, 0.6) is 23.0 Å². The number of rotatable bonds is 7. The molecule has 0 amide bonds. The molecule has 0 aromatic heterocycles. The molecule has 30 heavy (non-hydrogen) atoms. The highest BCUT2D eigenvalue weighted by atomic mass is 16.6. The highest BCUT2D eigenvalue weighted by Gasteiger charge is 2.30. The number of hydrogen-bond acceptors (Lipinski definition) is 6. The van der Waals surface area contributed by atoms with E-state index < -0.39 is 5.97 Å². The summed E-state index contributed by atoms with van der Waals surface area (Å²) in [6.45, 7) is 8.56. The highest BCUT2D eigenvalue weighted by molar-refractivity contribution is 5.96. The van der Waals surface area contributed by atoms with Crippen molar-refractivity contribution in [3.63, 3.8) is 0 Å². The molecule has 0 fully saturated rings. The monoisotopic (exact) mass is 414 g/mol. The van der Waals surface area contributed by atoms with Crippen molar-refractivity contribution in [3.05, 3.63) is 46.5 Å². The Kier molecular flexibility index (Phi) is 6.87. The van der Waals surface area contributed by atoms with E-state index >= 15 is 0 Å². The van der Waals surface area contributed by atoms with Gasteiger partial charge in [0, 0.05) is 17.0 Å². The first-order valence-electron chi connectivity index (χ1n) is 10.3. The number of aliphatic hydroxyl groups excluding tert-OH is 1. The molecule has 2 aromatic carbocycles. The number of cyclic esters (lactones) is 1. The average Bonchev–Trinajstić information content (AvgIpc) is 2.70. The summed E-state index contributed by atoms with van der Waals surface area (Å²) in [7, 11) is 1.51. The van der Waals surface area contributed by atoms with Crippen molar-refractivity contribution >= 4 is 5.97 Å². The number of methoxy groups -OCH3 is 1. The van der Waals surface area contributed by atoms with E-state index in [4.69, 9.17) is 18.9 Å². The summed E-state index contributed by atoms with van der Waals surface area (Å²) in [5.74, 6) is 1.56. The Hall–Kier alpha value is -2.73. The molecule has 6 heteroatoms.